The van der Waals surface area contributed by atoms with Crippen molar-refractivity contribution in [3.05, 3.63) is 95.8 Å². The molecule has 2 amide bonds. The molecule has 0 radical (unpaired) electrons. The number of aliphatic hydroxyl groups excluding tert-OH is 1. The Morgan fingerprint density at radius 3 is 2.55 bits per heavy atom. The second kappa shape index (κ2) is 12.8. The number of hydrogen-bond donors (Lipinski definition) is 4. The van der Waals surface area contributed by atoms with E-state index in [1.165, 1.54) is 0 Å². The zero-order valence-electron chi connectivity index (χ0n) is 21.9. The number of carbonyl (C=O) groups is 2. The van der Waals surface area contributed by atoms with E-state index in [9.17, 15) is 14.7 Å². The standard InChI is InChI=1S/C30H32N4O6/c35-18-20-11-13-21(14-12-20)27-16-24(17-34-19-31-25-7-1-2-8-26(25)34)39-30(40-27)22-5-3-6-23(15-22)32-28(36)9-4-10-29(37)33-38/h1-3,5-8,11-15,19,24,27,30,35,38H,4,9-10,16-18H2,(H,32,36)(H,33,37). The van der Waals surface area contributed by atoms with Gasteiger partial charge < -0.3 is 24.5 Å². The smallest absolute Gasteiger partial charge is 0.243 e. The lowest BCUT2D eigenvalue weighted by Crippen LogP contribution is -2.32. The Labute approximate surface area is 231 Å². The molecule has 0 bridgehead atoms. The number of ether oxygens (including phenoxy) is 2. The molecule has 1 aromatic heterocycles. The van der Waals surface area contributed by atoms with Crippen LogP contribution in [0.25, 0.3) is 11.0 Å². The summed E-state index contributed by atoms with van der Waals surface area (Å²) >= 11 is 0. The van der Waals surface area contributed by atoms with Crippen LogP contribution >= 0.6 is 0 Å². The Bertz CT molecular complexity index is 1450. The summed E-state index contributed by atoms with van der Waals surface area (Å²) in [5, 5.41) is 20.9. The molecule has 40 heavy (non-hydrogen) atoms. The molecule has 0 aliphatic carbocycles. The fourth-order valence-corrected chi connectivity index (χ4v) is 4.86. The molecule has 4 aromatic rings. The van der Waals surface area contributed by atoms with Crippen LogP contribution in [0.5, 0.6) is 0 Å². The summed E-state index contributed by atoms with van der Waals surface area (Å²) in [4.78, 5) is 28.1. The first-order valence-electron chi connectivity index (χ1n) is 13.3. The first-order valence-corrected chi connectivity index (χ1v) is 13.3. The highest BCUT2D eigenvalue weighted by molar-refractivity contribution is 5.91. The Hall–Kier alpha value is -4.09. The number of amides is 2. The van der Waals surface area contributed by atoms with Crippen molar-refractivity contribution < 1.29 is 29.4 Å². The van der Waals surface area contributed by atoms with Gasteiger partial charge in [-0.2, -0.15) is 0 Å². The third-order valence-electron chi connectivity index (χ3n) is 6.92. The van der Waals surface area contributed by atoms with Gasteiger partial charge in [0.25, 0.3) is 0 Å². The lowest BCUT2D eigenvalue weighted by molar-refractivity contribution is -0.252. The lowest BCUT2D eigenvalue weighted by Gasteiger charge is -2.36. The van der Waals surface area contributed by atoms with Gasteiger partial charge in [0.05, 0.1) is 42.7 Å². The van der Waals surface area contributed by atoms with Gasteiger partial charge in [-0.1, -0.05) is 48.5 Å². The van der Waals surface area contributed by atoms with Crippen LogP contribution in [0.1, 0.15) is 54.8 Å². The van der Waals surface area contributed by atoms with E-state index >= 15 is 0 Å². The maximum Gasteiger partial charge on any atom is 0.243 e. The third-order valence-corrected chi connectivity index (χ3v) is 6.92. The number of nitrogens with one attached hydrogen (secondary N) is 2. The molecule has 10 heteroatoms. The van der Waals surface area contributed by atoms with Crippen LogP contribution in [0.15, 0.2) is 79.1 Å². The van der Waals surface area contributed by atoms with Crippen molar-refractivity contribution in [3.8, 4) is 0 Å². The molecular weight excluding hydrogens is 512 g/mol. The Morgan fingerprint density at radius 1 is 0.950 bits per heavy atom. The van der Waals surface area contributed by atoms with Crippen molar-refractivity contribution >= 4 is 28.5 Å². The summed E-state index contributed by atoms with van der Waals surface area (Å²) in [6, 6.07) is 23.0. The first-order chi connectivity index (χ1) is 19.5. The van der Waals surface area contributed by atoms with Gasteiger partial charge in [-0.15, -0.1) is 0 Å². The van der Waals surface area contributed by atoms with Crippen LogP contribution in [0.4, 0.5) is 5.69 Å². The van der Waals surface area contributed by atoms with Crippen molar-refractivity contribution in [3.63, 3.8) is 0 Å². The number of hydrogen-bond acceptors (Lipinski definition) is 7. The molecule has 208 valence electrons. The molecule has 1 saturated heterocycles. The van der Waals surface area contributed by atoms with Gasteiger partial charge in [-0.3, -0.25) is 14.8 Å². The number of rotatable bonds is 10. The Balaban J connectivity index is 1.34. The highest BCUT2D eigenvalue weighted by atomic mass is 16.7. The average Bonchev–Trinajstić information content (AvgIpc) is 3.39. The van der Waals surface area contributed by atoms with Gasteiger partial charge in [0.15, 0.2) is 6.29 Å². The number of hydroxylamine groups is 1. The summed E-state index contributed by atoms with van der Waals surface area (Å²) in [7, 11) is 0. The van der Waals surface area contributed by atoms with Crippen LogP contribution < -0.4 is 10.8 Å². The number of nitrogens with zero attached hydrogens (tertiary/aromatic N) is 2. The fourth-order valence-electron chi connectivity index (χ4n) is 4.86. The van der Waals surface area contributed by atoms with E-state index in [4.69, 9.17) is 14.7 Å². The van der Waals surface area contributed by atoms with Gasteiger partial charge in [-0.05, 0) is 41.8 Å². The first kappa shape index (κ1) is 27.5. The second-order valence-corrected chi connectivity index (χ2v) is 9.80. The molecule has 0 saturated carbocycles. The monoisotopic (exact) mass is 544 g/mol. The average molecular weight is 545 g/mol. The number of imidazole rings is 1. The molecule has 2 heterocycles. The zero-order chi connectivity index (χ0) is 27.9. The van der Waals surface area contributed by atoms with E-state index in [-0.39, 0.29) is 37.6 Å². The molecule has 4 N–H and O–H groups in total. The normalized spacial score (nSPS) is 18.9. The van der Waals surface area contributed by atoms with Gasteiger partial charge >= 0.3 is 0 Å². The van der Waals surface area contributed by atoms with E-state index in [1.54, 1.807) is 11.5 Å². The molecule has 1 aliphatic heterocycles. The van der Waals surface area contributed by atoms with Crippen molar-refractivity contribution in [2.24, 2.45) is 0 Å². The molecule has 3 unspecified atom stereocenters. The van der Waals surface area contributed by atoms with Crippen LogP contribution in [0.3, 0.4) is 0 Å². The SMILES string of the molecule is O=C(CCCC(=O)Nc1cccc(C2OC(Cn3cnc4ccccc43)CC(c3ccc(CO)cc3)O2)c1)NO. The maximum absolute atomic E-state index is 12.4. The summed E-state index contributed by atoms with van der Waals surface area (Å²) in [5.41, 5.74) is 6.68. The Kier molecular flexibility index (Phi) is 8.82. The van der Waals surface area contributed by atoms with E-state index in [0.717, 1.165) is 27.7 Å². The number of aliphatic hydroxyl groups is 1. The second-order valence-electron chi connectivity index (χ2n) is 9.80. The molecule has 1 fully saturated rings. The van der Waals surface area contributed by atoms with Gasteiger partial charge in [0, 0.05) is 30.5 Å². The van der Waals surface area contributed by atoms with Gasteiger partial charge in [-0.25, -0.2) is 10.5 Å². The zero-order valence-corrected chi connectivity index (χ0v) is 21.9. The maximum atomic E-state index is 12.4. The number of benzene rings is 3. The van der Waals surface area contributed by atoms with Crippen molar-refractivity contribution in [1.82, 2.24) is 15.0 Å². The predicted molar refractivity (Wildman–Crippen MR) is 147 cm³/mol. The number of carbonyl (C=O) groups excluding carboxylic acids is 2. The van der Waals surface area contributed by atoms with E-state index in [2.05, 4.69) is 14.9 Å². The number of para-hydroxylation sites is 2. The van der Waals surface area contributed by atoms with Crippen LogP contribution in [-0.2, 0) is 32.2 Å². The lowest BCUT2D eigenvalue weighted by atomic mass is 10.00. The van der Waals surface area contributed by atoms with Crippen LogP contribution in [0.2, 0.25) is 0 Å². The minimum Gasteiger partial charge on any atom is -0.392 e. The van der Waals surface area contributed by atoms with E-state index in [0.29, 0.717) is 25.1 Å². The van der Waals surface area contributed by atoms with Crippen molar-refractivity contribution in [1.29, 1.82) is 0 Å². The summed E-state index contributed by atoms with van der Waals surface area (Å²) in [5.74, 6) is -0.764. The molecular formula is C30H32N4O6. The quantitative estimate of drug-likeness (QED) is 0.172. The van der Waals surface area contributed by atoms with E-state index in [1.807, 2.05) is 73.1 Å². The summed E-state index contributed by atoms with van der Waals surface area (Å²) in [6.07, 6.45) is 1.85. The fraction of sp³-hybridized carbons (Fsp3) is 0.300. The minimum atomic E-state index is -0.679. The summed E-state index contributed by atoms with van der Waals surface area (Å²) < 4.78 is 15.0. The number of fused-ring (bicyclic) bond motifs is 1. The summed E-state index contributed by atoms with van der Waals surface area (Å²) in [6.45, 7) is 0.560. The van der Waals surface area contributed by atoms with Crippen molar-refractivity contribution in [2.45, 2.75) is 57.3 Å². The number of aromatic nitrogens is 2. The van der Waals surface area contributed by atoms with Gasteiger partial charge in [0.2, 0.25) is 11.8 Å². The molecule has 1 aliphatic rings. The molecule has 10 nitrogen and oxygen atoms in total. The largest absolute Gasteiger partial charge is 0.392 e. The molecule has 0 spiro atoms. The Morgan fingerprint density at radius 2 is 1.75 bits per heavy atom. The van der Waals surface area contributed by atoms with Crippen molar-refractivity contribution in [2.75, 3.05) is 5.32 Å². The number of anilines is 1. The van der Waals surface area contributed by atoms with Crippen LogP contribution in [0, 0.1) is 0 Å². The van der Waals surface area contributed by atoms with Gasteiger partial charge in [0.1, 0.15) is 0 Å². The predicted octanol–water partition coefficient (Wildman–Crippen LogP) is 4.39. The van der Waals surface area contributed by atoms with Crippen LogP contribution in [-0.4, -0.2) is 37.8 Å². The van der Waals surface area contributed by atoms with E-state index < -0.39 is 12.2 Å². The molecule has 5 rings (SSSR count). The topological polar surface area (TPSA) is 135 Å². The highest BCUT2D eigenvalue weighted by Crippen LogP contribution is 2.39. The minimum absolute atomic E-state index is 0.0268. The highest BCUT2D eigenvalue weighted by Gasteiger charge is 2.32. The third kappa shape index (κ3) is 6.72. The molecule has 3 aromatic carbocycles. The molecule has 3 atom stereocenters.